The number of hydrogen-bond acceptors (Lipinski definition) is 5. The van der Waals surface area contributed by atoms with Gasteiger partial charge in [0.15, 0.2) is 0 Å². The topological polar surface area (TPSA) is 114 Å². The first kappa shape index (κ1) is 20.6. The predicted molar refractivity (Wildman–Crippen MR) is 115 cm³/mol. The van der Waals surface area contributed by atoms with Gasteiger partial charge in [0.05, 0.1) is 11.4 Å². The molecule has 0 aliphatic rings. The molecule has 0 atom stereocenters. The second-order valence-electron chi connectivity index (χ2n) is 7.00. The number of fused-ring (bicyclic) bond motifs is 1. The number of hydrogen-bond donors (Lipinski definition) is 3. The van der Waals surface area contributed by atoms with E-state index in [2.05, 4.69) is 20.5 Å². The highest BCUT2D eigenvalue weighted by molar-refractivity contribution is 7.21. The largest absolute Gasteiger partial charge is 0.365 e. The van der Waals surface area contributed by atoms with Gasteiger partial charge in [-0.1, -0.05) is 29.8 Å². The van der Waals surface area contributed by atoms with Crippen LogP contribution in [0.3, 0.4) is 0 Å². The molecule has 31 heavy (non-hydrogen) atoms. The number of halogens is 2. The van der Waals surface area contributed by atoms with E-state index in [9.17, 15) is 18.4 Å². The average molecular weight is 441 g/mol. The van der Waals surface area contributed by atoms with Crippen molar-refractivity contribution < 1.29 is 18.4 Å². The van der Waals surface area contributed by atoms with E-state index in [4.69, 9.17) is 5.73 Å². The molecule has 4 aromatic rings. The molecule has 0 bridgehead atoms. The van der Waals surface area contributed by atoms with Crippen LogP contribution in [0.2, 0.25) is 0 Å². The van der Waals surface area contributed by atoms with Crippen molar-refractivity contribution in [2.45, 2.75) is 20.3 Å². The molecule has 1 aromatic carbocycles. The van der Waals surface area contributed by atoms with Crippen LogP contribution in [0.25, 0.3) is 21.5 Å². The zero-order valence-corrected chi connectivity index (χ0v) is 17.3. The number of pyridine rings is 1. The second-order valence-corrected chi connectivity index (χ2v) is 8.00. The van der Waals surface area contributed by atoms with Crippen molar-refractivity contribution in [2.75, 3.05) is 5.32 Å². The predicted octanol–water partition coefficient (Wildman–Crippen LogP) is 4.59. The van der Waals surface area contributed by atoms with Crippen molar-refractivity contribution in [1.82, 2.24) is 15.2 Å². The number of aromatic nitrogens is 3. The van der Waals surface area contributed by atoms with Crippen molar-refractivity contribution in [1.29, 1.82) is 0 Å². The first-order chi connectivity index (χ1) is 14.7. The first-order valence-electron chi connectivity index (χ1n) is 9.20. The average Bonchev–Trinajstić information content (AvgIpc) is 3.34. The molecule has 2 amide bonds. The number of nitrogens with zero attached hydrogens (tertiary/aromatic N) is 2. The summed E-state index contributed by atoms with van der Waals surface area (Å²) < 4.78 is 26.2. The molecule has 4 rings (SSSR count). The van der Waals surface area contributed by atoms with Crippen molar-refractivity contribution in [2.24, 2.45) is 5.73 Å². The number of carbonyl (C=O) groups is 2. The zero-order chi connectivity index (χ0) is 22.3. The van der Waals surface area contributed by atoms with E-state index in [1.807, 2.05) is 31.2 Å². The van der Waals surface area contributed by atoms with Gasteiger partial charge in [0.1, 0.15) is 21.1 Å². The number of aryl methyl sites for hydroxylation is 2. The van der Waals surface area contributed by atoms with Crippen molar-refractivity contribution >= 4 is 39.1 Å². The van der Waals surface area contributed by atoms with Gasteiger partial charge >= 0.3 is 0 Å². The van der Waals surface area contributed by atoms with E-state index in [0.29, 0.717) is 16.6 Å². The number of benzene rings is 1. The lowest BCUT2D eigenvalue weighted by Crippen LogP contribution is -2.17. The quantitative estimate of drug-likeness (QED) is 0.420. The molecule has 0 radical (unpaired) electrons. The van der Waals surface area contributed by atoms with E-state index in [1.165, 1.54) is 6.07 Å². The Labute approximate surface area is 179 Å². The fourth-order valence-corrected chi connectivity index (χ4v) is 4.27. The molecule has 4 N–H and O–H groups in total. The molecule has 3 aromatic heterocycles. The van der Waals surface area contributed by atoms with Crippen LogP contribution in [0.15, 0.2) is 36.4 Å². The third-order valence-corrected chi connectivity index (χ3v) is 5.83. The van der Waals surface area contributed by atoms with Gasteiger partial charge in [0.25, 0.3) is 18.2 Å². The fourth-order valence-electron chi connectivity index (χ4n) is 3.20. The number of anilines is 1. The number of carbonyl (C=O) groups excluding carboxylic acids is 2. The third kappa shape index (κ3) is 3.89. The molecule has 0 saturated carbocycles. The number of alkyl halides is 2. The van der Waals surface area contributed by atoms with Crippen LogP contribution in [0.5, 0.6) is 0 Å². The van der Waals surface area contributed by atoms with Crippen LogP contribution in [0, 0.1) is 13.8 Å². The summed E-state index contributed by atoms with van der Waals surface area (Å²) in [5, 5.41) is 9.91. The van der Waals surface area contributed by atoms with Crippen LogP contribution in [-0.4, -0.2) is 27.0 Å². The highest BCUT2D eigenvalue weighted by Crippen LogP contribution is 2.38. The Hall–Kier alpha value is -3.66. The van der Waals surface area contributed by atoms with Gasteiger partial charge in [-0.3, -0.25) is 14.7 Å². The summed E-state index contributed by atoms with van der Waals surface area (Å²) in [5.74, 6) is -1.34. The maximum Gasteiger partial charge on any atom is 0.280 e. The van der Waals surface area contributed by atoms with E-state index in [0.717, 1.165) is 22.5 Å². The molecule has 0 aliphatic carbocycles. The molecule has 0 fully saturated rings. The molecule has 7 nitrogen and oxygen atoms in total. The number of nitrogens with two attached hydrogens (primary N) is 1. The number of amides is 2. The SMILES string of the molecule is Cc1ccc(-c2cc(C(=O)Nc3c(C(N)=O)sc4nc(C(F)F)cc(C)c34)[nH]n2)cc1. The van der Waals surface area contributed by atoms with Crippen LogP contribution < -0.4 is 11.1 Å². The highest BCUT2D eigenvalue weighted by Gasteiger charge is 2.24. The minimum Gasteiger partial charge on any atom is -0.365 e. The minimum atomic E-state index is -2.76. The monoisotopic (exact) mass is 441 g/mol. The molecular weight excluding hydrogens is 424 g/mol. The Morgan fingerprint density at radius 1 is 1.16 bits per heavy atom. The van der Waals surface area contributed by atoms with Gasteiger partial charge in [0, 0.05) is 10.9 Å². The fraction of sp³-hybridized carbons (Fsp3) is 0.143. The van der Waals surface area contributed by atoms with Crippen molar-refractivity contribution in [3.63, 3.8) is 0 Å². The Morgan fingerprint density at radius 2 is 1.87 bits per heavy atom. The minimum absolute atomic E-state index is 0.0311. The zero-order valence-electron chi connectivity index (χ0n) is 16.5. The first-order valence-corrected chi connectivity index (χ1v) is 10.0. The Balaban J connectivity index is 1.71. The summed E-state index contributed by atoms with van der Waals surface area (Å²) in [6, 6.07) is 10.5. The molecule has 158 valence electrons. The summed E-state index contributed by atoms with van der Waals surface area (Å²) in [6.07, 6.45) is -2.76. The van der Waals surface area contributed by atoms with E-state index in [-0.39, 0.29) is 21.1 Å². The van der Waals surface area contributed by atoms with Crippen molar-refractivity contribution in [3.8, 4) is 11.3 Å². The van der Waals surface area contributed by atoms with Gasteiger partial charge in [0.2, 0.25) is 0 Å². The normalized spacial score (nSPS) is 11.3. The Bertz CT molecular complexity index is 1310. The van der Waals surface area contributed by atoms with Crippen LogP contribution >= 0.6 is 11.3 Å². The second kappa shape index (κ2) is 7.88. The number of primary amides is 1. The number of H-pyrrole nitrogens is 1. The Morgan fingerprint density at radius 3 is 2.52 bits per heavy atom. The lowest BCUT2D eigenvalue weighted by Gasteiger charge is -2.07. The highest BCUT2D eigenvalue weighted by atomic mass is 32.1. The van der Waals surface area contributed by atoms with Gasteiger partial charge < -0.3 is 11.1 Å². The summed E-state index contributed by atoms with van der Waals surface area (Å²) in [4.78, 5) is 28.9. The lowest BCUT2D eigenvalue weighted by molar-refractivity contribution is 0.100. The number of rotatable bonds is 5. The summed E-state index contributed by atoms with van der Waals surface area (Å²) in [5.41, 5.74) is 8.32. The van der Waals surface area contributed by atoms with Gasteiger partial charge in [-0.15, -0.1) is 11.3 Å². The third-order valence-electron chi connectivity index (χ3n) is 4.73. The maximum absolute atomic E-state index is 13.1. The standard InChI is InChI=1S/C21H17F2N5O2S/c1-9-3-5-11(6-4-9)12-8-14(28-27-12)20(30)26-16-15-10(2)7-13(18(22)23)25-21(15)31-17(16)19(24)29/h3-8,18H,1-2H3,(H2,24,29)(H,26,30)(H,27,28). The molecule has 10 heteroatoms. The van der Waals surface area contributed by atoms with Gasteiger partial charge in [-0.2, -0.15) is 5.10 Å². The Kier molecular flexibility index (Phi) is 5.24. The van der Waals surface area contributed by atoms with Gasteiger partial charge in [-0.05, 0) is 31.5 Å². The van der Waals surface area contributed by atoms with Crippen molar-refractivity contribution in [3.05, 3.63) is 63.8 Å². The van der Waals surface area contributed by atoms with E-state index >= 15 is 0 Å². The van der Waals surface area contributed by atoms with Crippen LogP contribution in [0.1, 0.15) is 43.4 Å². The maximum atomic E-state index is 13.1. The van der Waals surface area contributed by atoms with E-state index < -0.39 is 23.9 Å². The number of aromatic amines is 1. The number of thiophene rings is 1. The lowest BCUT2D eigenvalue weighted by atomic mass is 10.1. The van der Waals surface area contributed by atoms with Gasteiger partial charge in [-0.25, -0.2) is 13.8 Å². The molecule has 0 spiro atoms. The summed E-state index contributed by atoms with van der Waals surface area (Å²) in [6.45, 7) is 3.57. The molecule has 0 aliphatic heterocycles. The molecule has 0 unspecified atom stereocenters. The van der Waals surface area contributed by atoms with E-state index in [1.54, 1.807) is 13.0 Å². The molecule has 3 heterocycles. The smallest absolute Gasteiger partial charge is 0.280 e. The van der Waals surface area contributed by atoms with Crippen LogP contribution in [-0.2, 0) is 0 Å². The molecule has 0 saturated heterocycles. The molecular formula is C21H17F2N5O2S. The summed E-state index contributed by atoms with van der Waals surface area (Å²) >= 11 is 0.859. The summed E-state index contributed by atoms with van der Waals surface area (Å²) in [7, 11) is 0. The number of nitrogens with one attached hydrogen (secondary N) is 2. The van der Waals surface area contributed by atoms with Crippen LogP contribution in [0.4, 0.5) is 14.5 Å².